The van der Waals surface area contributed by atoms with Gasteiger partial charge in [0.05, 0.1) is 18.2 Å². The predicted octanol–water partition coefficient (Wildman–Crippen LogP) is 3.28. The molecule has 1 aromatic carbocycles. The lowest BCUT2D eigenvalue weighted by molar-refractivity contribution is -0.0980. The SMILES string of the molecule is CC(C)COC(CN(C)C)Oc1ccccc1Cl. The molecule has 0 aromatic heterocycles. The molecular weight excluding hydrogens is 250 g/mol. The van der Waals surface area contributed by atoms with Crippen LogP contribution >= 0.6 is 11.6 Å². The summed E-state index contributed by atoms with van der Waals surface area (Å²) in [7, 11) is 3.98. The minimum atomic E-state index is -0.303. The van der Waals surface area contributed by atoms with Crippen molar-refractivity contribution in [3.63, 3.8) is 0 Å². The normalized spacial score (nSPS) is 13.1. The Morgan fingerprint density at radius 1 is 1.22 bits per heavy atom. The Balaban J connectivity index is 2.62. The molecule has 0 N–H and O–H groups in total. The molecule has 18 heavy (non-hydrogen) atoms. The average Bonchev–Trinajstić information content (AvgIpc) is 2.28. The van der Waals surface area contributed by atoms with Gasteiger partial charge in [-0.2, -0.15) is 0 Å². The molecule has 0 fully saturated rings. The van der Waals surface area contributed by atoms with Crippen molar-refractivity contribution in [1.82, 2.24) is 4.90 Å². The summed E-state index contributed by atoms with van der Waals surface area (Å²) in [6, 6.07) is 7.44. The molecule has 0 aliphatic heterocycles. The first kappa shape index (κ1) is 15.3. The third-order valence-corrected chi connectivity index (χ3v) is 2.54. The van der Waals surface area contributed by atoms with E-state index in [1.165, 1.54) is 0 Å². The molecule has 0 aliphatic carbocycles. The smallest absolute Gasteiger partial charge is 0.212 e. The molecule has 0 saturated carbocycles. The summed E-state index contributed by atoms with van der Waals surface area (Å²) in [6.07, 6.45) is -0.303. The van der Waals surface area contributed by atoms with E-state index >= 15 is 0 Å². The van der Waals surface area contributed by atoms with E-state index in [-0.39, 0.29) is 6.29 Å². The summed E-state index contributed by atoms with van der Waals surface area (Å²) in [5.74, 6) is 1.14. The van der Waals surface area contributed by atoms with Crippen molar-refractivity contribution in [2.75, 3.05) is 27.2 Å². The van der Waals surface area contributed by atoms with Crippen LogP contribution in [-0.4, -0.2) is 38.4 Å². The number of para-hydroxylation sites is 1. The first-order chi connectivity index (χ1) is 8.49. The Morgan fingerprint density at radius 2 is 1.89 bits per heavy atom. The number of rotatable bonds is 7. The largest absolute Gasteiger partial charge is 0.462 e. The van der Waals surface area contributed by atoms with Crippen LogP contribution in [0.4, 0.5) is 0 Å². The molecule has 3 nitrogen and oxygen atoms in total. The molecule has 102 valence electrons. The van der Waals surface area contributed by atoms with Crippen LogP contribution in [0.25, 0.3) is 0 Å². The third-order valence-electron chi connectivity index (χ3n) is 2.22. The van der Waals surface area contributed by atoms with Crippen LogP contribution in [-0.2, 0) is 4.74 Å². The maximum Gasteiger partial charge on any atom is 0.212 e. The summed E-state index contributed by atoms with van der Waals surface area (Å²) in [6.45, 7) is 5.59. The van der Waals surface area contributed by atoms with Crippen molar-refractivity contribution >= 4 is 11.6 Å². The van der Waals surface area contributed by atoms with Crippen LogP contribution in [0.2, 0.25) is 5.02 Å². The van der Waals surface area contributed by atoms with E-state index in [4.69, 9.17) is 21.1 Å². The van der Waals surface area contributed by atoms with Gasteiger partial charge in [0.1, 0.15) is 5.75 Å². The quantitative estimate of drug-likeness (QED) is 0.711. The number of benzene rings is 1. The summed E-state index contributed by atoms with van der Waals surface area (Å²) < 4.78 is 11.6. The molecular formula is C14H22ClNO2. The van der Waals surface area contributed by atoms with Gasteiger partial charge in [-0.05, 0) is 32.1 Å². The van der Waals surface area contributed by atoms with Crippen molar-refractivity contribution in [1.29, 1.82) is 0 Å². The molecule has 1 aromatic rings. The van der Waals surface area contributed by atoms with Crippen molar-refractivity contribution < 1.29 is 9.47 Å². The Bertz CT molecular complexity index is 355. The third kappa shape index (κ3) is 5.71. The lowest BCUT2D eigenvalue weighted by Crippen LogP contribution is -2.34. The fourth-order valence-electron chi connectivity index (χ4n) is 1.40. The van der Waals surface area contributed by atoms with E-state index in [0.29, 0.717) is 29.8 Å². The summed E-state index contributed by atoms with van der Waals surface area (Å²) in [5.41, 5.74) is 0. The molecule has 0 bridgehead atoms. The van der Waals surface area contributed by atoms with Gasteiger partial charge in [-0.3, -0.25) is 0 Å². The number of hydrogen-bond donors (Lipinski definition) is 0. The van der Waals surface area contributed by atoms with E-state index < -0.39 is 0 Å². The van der Waals surface area contributed by atoms with Crippen molar-refractivity contribution in [2.24, 2.45) is 5.92 Å². The van der Waals surface area contributed by atoms with Crippen LogP contribution in [0.3, 0.4) is 0 Å². The maximum atomic E-state index is 6.07. The van der Waals surface area contributed by atoms with Gasteiger partial charge in [-0.1, -0.05) is 37.6 Å². The predicted molar refractivity (Wildman–Crippen MR) is 75.2 cm³/mol. The second kappa shape index (κ2) is 7.62. The number of halogens is 1. The van der Waals surface area contributed by atoms with E-state index in [1.54, 1.807) is 0 Å². The minimum absolute atomic E-state index is 0.303. The average molecular weight is 272 g/mol. The van der Waals surface area contributed by atoms with Gasteiger partial charge in [-0.15, -0.1) is 0 Å². The first-order valence-corrected chi connectivity index (χ1v) is 6.54. The van der Waals surface area contributed by atoms with E-state index in [2.05, 4.69) is 13.8 Å². The monoisotopic (exact) mass is 271 g/mol. The van der Waals surface area contributed by atoms with Crippen molar-refractivity contribution in [3.05, 3.63) is 29.3 Å². The lowest BCUT2D eigenvalue weighted by atomic mass is 10.2. The van der Waals surface area contributed by atoms with Gasteiger partial charge in [-0.25, -0.2) is 0 Å². The van der Waals surface area contributed by atoms with E-state index in [0.717, 1.165) is 0 Å². The molecule has 1 rings (SSSR count). The maximum absolute atomic E-state index is 6.07. The van der Waals surface area contributed by atoms with Crippen LogP contribution in [0.1, 0.15) is 13.8 Å². The van der Waals surface area contributed by atoms with Gasteiger partial charge >= 0.3 is 0 Å². The lowest BCUT2D eigenvalue weighted by Gasteiger charge is -2.24. The fraction of sp³-hybridized carbons (Fsp3) is 0.571. The zero-order valence-corrected chi connectivity index (χ0v) is 12.3. The van der Waals surface area contributed by atoms with Gasteiger partial charge in [0, 0.05) is 0 Å². The molecule has 0 amide bonds. The Hall–Kier alpha value is -0.770. The van der Waals surface area contributed by atoms with Gasteiger partial charge < -0.3 is 14.4 Å². The molecule has 1 atom stereocenters. The Kier molecular flexibility index (Phi) is 6.47. The second-order valence-corrected chi connectivity index (χ2v) is 5.37. The highest BCUT2D eigenvalue weighted by atomic mass is 35.5. The topological polar surface area (TPSA) is 21.7 Å². The first-order valence-electron chi connectivity index (χ1n) is 6.16. The van der Waals surface area contributed by atoms with Crippen LogP contribution in [0, 0.1) is 5.92 Å². The Morgan fingerprint density at radius 3 is 2.44 bits per heavy atom. The number of hydrogen-bond acceptors (Lipinski definition) is 3. The molecule has 1 unspecified atom stereocenters. The standard InChI is InChI=1S/C14H22ClNO2/c1-11(2)10-17-14(9-16(3)4)18-13-8-6-5-7-12(13)15/h5-8,11,14H,9-10H2,1-4H3. The summed E-state index contributed by atoms with van der Waals surface area (Å²) in [5, 5.41) is 0.606. The summed E-state index contributed by atoms with van der Waals surface area (Å²) in [4.78, 5) is 2.03. The molecule has 0 aliphatic rings. The molecule has 0 spiro atoms. The number of ether oxygens (including phenoxy) is 2. The summed E-state index contributed by atoms with van der Waals surface area (Å²) >= 11 is 6.07. The number of nitrogens with zero attached hydrogens (tertiary/aromatic N) is 1. The van der Waals surface area contributed by atoms with Crippen LogP contribution in [0.15, 0.2) is 24.3 Å². The highest BCUT2D eigenvalue weighted by Gasteiger charge is 2.14. The van der Waals surface area contributed by atoms with Crippen molar-refractivity contribution in [2.45, 2.75) is 20.1 Å². The van der Waals surface area contributed by atoms with Gasteiger partial charge in [0.15, 0.2) is 0 Å². The van der Waals surface area contributed by atoms with Gasteiger partial charge in [0.25, 0.3) is 0 Å². The zero-order valence-electron chi connectivity index (χ0n) is 11.5. The molecule has 4 heteroatoms. The van der Waals surface area contributed by atoms with Crippen LogP contribution in [0.5, 0.6) is 5.75 Å². The fourth-order valence-corrected chi connectivity index (χ4v) is 1.58. The van der Waals surface area contributed by atoms with E-state index in [9.17, 15) is 0 Å². The number of likely N-dealkylation sites (N-methyl/N-ethyl adjacent to an activating group) is 1. The molecule has 0 radical (unpaired) electrons. The van der Waals surface area contributed by atoms with Crippen LogP contribution < -0.4 is 4.74 Å². The second-order valence-electron chi connectivity index (χ2n) is 4.97. The zero-order chi connectivity index (χ0) is 13.5. The molecule has 0 saturated heterocycles. The van der Waals surface area contributed by atoms with Gasteiger partial charge in [0.2, 0.25) is 6.29 Å². The highest BCUT2D eigenvalue weighted by Crippen LogP contribution is 2.24. The minimum Gasteiger partial charge on any atom is -0.462 e. The highest BCUT2D eigenvalue weighted by molar-refractivity contribution is 6.32. The van der Waals surface area contributed by atoms with E-state index in [1.807, 2.05) is 43.3 Å². The van der Waals surface area contributed by atoms with Crippen molar-refractivity contribution in [3.8, 4) is 5.75 Å². The Labute approximate surface area is 115 Å². The molecule has 0 heterocycles.